The predicted octanol–water partition coefficient (Wildman–Crippen LogP) is 1.41. The molecule has 3 heteroatoms. The molecular weight excluding hydrogens is 167 g/mol. The molecule has 0 aliphatic heterocycles. The number of hydrogen-bond donors (Lipinski definition) is 0. The largest absolute Gasteiger partial charge is 0.196 e. The van der Waals surface area contributed by atoms with Crippen molar-refractivity contribution < 1.29 is 0 Å². The Morgan fingerprint density at radius 1 is 1.08 bits per heavy atom. The Labute approximate surface area is 73.2 Å². The molecule has 0 heterocycles. The van der Waals surface area contributed by atoms with Crippen molar-refractivity contribution in [2.45, 2.75) is 5.66 Å². The Kier molecular flexibility index (Phi) is 3.27. The second kappa shape index (κ2) is 4.50. The Hall–Kier alpha value is -1.37. The molecule has 2 nitrogen and oxygen atoms in total. The van der Waals surface area contributed by atoms with Gasteiger partial charge in [-0.2, -0.15) is 10.5 Å². The van der Waals surface area contributed by atoms with E-state index in [0.29, 0.717) is 0 Å². The number of hydrogen-bond acceptors (Lipinski definition) is 2. The van der Waals surface area contributed by atoms with Crippen LogP contribution in [0.5, 0.6) is 0 Å². The van der Waals surface area contributed by atoms with Crippen molar-refractivity contribution in [2.24, 2.45) is 0 Å². The molecule has 0 N–H and O–H groups in total. The summed E-state index contributed by atoms with van der Waals surface area (Å²) in [7, 11) is 0.273. The zero-order valence-electron chi connectivity index (χ0n) is 6.36. The molecular formula is C9H7N2P. The third-order valence-electron chi connectivity index (χ3n) is 1.34. The normalized spacial score (nSPS) is 9.92. The van der Waals surface area contributed by atoms with Crippen molar-refractivity contribution >= 4 is 13.9 Å². The molecule has 0 saturated carbocycles. The maximum atomic E-state index is 8.52. The molecule has 12 heavy (non-hydrogen) atoms. The van der Waals surface area contributed by atoms with Gasteiger partial charge in [-0.05, 0) is 5.30 Å². The minimum Gasteiger partial charge on any atom is -0.196 e. The van der Waals surface area contributed by atoms with E-state index in [1.54, 1.807) is 0 Å². The third kappa shape index (κ3) is 2.35. The summed E-state index contributed by atoms with van der Waals surface area (Å²) in [6, 6.07) is 13.5. The average molecular weight is 174 g/mol. The van der Waals surface area contributed by atoms with Crippen molar-refractivity contribution in [3.63, 3.8) is 0 Å². The van der Waals surface area contributed by atoms with Crippen LogP contribution in [0.15, 0.2) is 30.3 Å². The van der Waals surface area contributed by atoms with Crippen molar-refractivity contribution in [3.8, 4) is 12.1 Å². The molecule has 0 fully saturated rings. The van der Waals surface area contributed by atoms with Crippen LogP contribution >= 0.6 is 8.58 Å². The molecule has 0 spiro atoms. The second-order valence-electron chi connectivity index (χ2n) is 2.20. The van der Waals surface area contributed by atoms with Gasteiger partial charge in [-0.3, -0.25) is 0 Å². The van der Waals surface area contributed by atoms with Crippen molar-refractivity contribution in [2.75, 3.05) is 0 Å². The lowest BCUT2D eigenvalue weighted by Gasteiger charge is -1.98. The standard InChI is InChI=1S/C9H7N2P/c10-6-9(7-11)12-8-4-2-1-3-5-8/h1-5,9,12H. The van der Waals surface area contributed by atoms with E-state index in [1.807, 2.05) is 42.5 Å². The van der Waals surface area contributed by atoms with E-state index in [1.165, 1.54) is 0 Å². The van der Waals surface area contributed by atoms with E-state index in [4.69, 9.17) is 10.5 Å². The van der Waals surface area contributed by atoms with Crippen LogP contribution in [0.1, 0.15) is 0 Å². The fourth-order valence-electron chi connectivity index (χ4n) is 0.794. The summed E-state index contributed by atoms with van der Waals surface area (Å²) in [6.07, 6.45) is 0. The van der Waals surface area contributed by atoms with Gasteiger partial charge >= 0.3 is 0 Å². The third-order valence-corrected chi connectivity index (χ3v) is 2.56. The fraction of sp³-hybridized carbons (Fsp3) is 0.111. The maximum Gasteiger partial charge on any atom is 0.153 e. The molecule has 0 aliphatic rings. The summed E-state index contributed by atoms with van der Waals surface area (Å²) in [5.74, 6) is 0. The molecule has 0 saturated heterocycles. The van der Waals surface area contributed by atoms with Gasteiger partial charge in [-0.25, -0.2) is 0 Å². The molecule has 1 rings (SSSR count). The summed E-state index contributed by atoms with van der Waals surface area (Å²) in [6.45, 7) is 0. The highest BCUT2D eigenvalue weighted by atomic mass is 31.1. The smallest absolute Gasteiger partial charge is 0.153 e. The highest BCUT2D eigenvalue weighted by molar-refractivity contribution is 7.48. The Morgan fingerprint density at radius 2 is 1.67 bits per heavy atom. The summed E-state index contributed by atoms with van der Waals surface area (Å²) < 4.78 is 0. The van der Waals surface area contributed by atoms with Gasteiger partial charge in [-0.15, -0.1) is 0 Å². The Morgan fingerprint density at radius 3 is 2.17 bits per heavy atom. The van der Waals surface area contributed by atoms with Crippen LogP contribution in [0.2, 0.25) is 0 Å². The van der Waals surface area contributed by atoms with Crippen LogP contribution in [0.25, 0.3) is 0 Å². The molecule has 1 atom stereocenters. The van der Waals surface area contributed by atoms with Gasteiger partial charge < -0.3 is 0 Å². The van der Waals surface area contributed by atoms with E-state index >= 15 is 0 Å². The number of rotatable bonds is 2. The molecule has 1 aromatic rings. The molecule has 1 aromatic carbocycles. The van der Waals surface area contributed by atoms with Gasteiger partial charge in [0.2, 0.25) is 0 Å². The molecule has 0 aromatic heterocycles. The number of benzene rings is 1. The predicted molar refractivity (Wildman–Crippen MR) is 49.4 cm³/mol. The highest BCUT2D eigenvalue weighted by Crippen LogP contribution is 2.16. The van der Waals surface area contributed by atoms with E-state index in [0.717, 1.165) is 5.30 Å². The molecule has 0 radical (unpaired) electrons. The minimum atomic E-state index is -0.493. The van der Waals surface area contributed by atoms with Crippen molar-refractivity contribution in [1.29, 1.82) is 10.5 Å². The lowest BCUT2D eigenvalue weighted by Crippen LogP contribution is -2.00. The van der Waals surface area contributed by atoms with Crippen LogP contribution in [0, 0.1) is 22.7 Å². The first-order valence-electron chi connectivity index (χ1n) is 3.47. The van der Waals surface area contributed by atoms with Crippen LogP contribution in [0.4, 0.5) is 0 Å². The van der Waals surface area contributed by atoms with E-state index in [2.05, 4.69) is 0 Å². The van der Waals surface area contributed by atoms with Crippen molar-refractivity contribution in [3.05, 3.63) is 30.3 Å². The fourth-order valence-corrected chi connectivity index (χ4v) is 1.64. The summed E-state index contributed by atoms with van der Waals surface area (Å²) >= 11 is 0. The molecule has 0 amide bonds. The summed E-state index contributed by atoms with van der Waals surface area (Å²) in [5.41, 5.74) is -0.493. The zero-order valence-corrected chi connectivity index (χ0v) is 7.36. The van der Waals surface area contributed by atoms with Crippen LogP contribution in [-0.4, -0.2) is 5.66 Å². The lowest BCUT2D eigenvalue weighted by molar-refractivity contribution is 1.34. The van der Waals surface area contributed by atoms with Gasteiger partial charge in [-0.1, -0.05) is 38.9 Å². The average Bonchev–Trinajstić information content (AvgIpc) is 2.16. The number of nitriles is 2. The SMILES string of the molecule is N#CC(C#N)Pc1ccccc1. The van der Waals surface area contributed by atoms with Crippen molar-refractivity contribution in [1.82, 2.24) is 0 Å². The summed E-state index contributed by atoms with van der Waals surface area (Å²) in [4.78, 5) is 0. The van der Waals surface area contributed by atoms with Gasteiger partial charge in [0.1, 0.15) is 0 Å². The Bertz CT molecular complexity index is 307. The Balaban J connectivity index is 2.66. The van der Waals surface area contributed by atoms with E-state index in [-0.39, 0.29) is 8.58 Å². The van der Waals surface area contributed by atoms with Crippen LogP contribution < -0.4 is 5.30 Å². The molecule has 58 valence electrons. The monoisotopic (exact) mass is 174 g/mol. The van der Waals surface area contributed by atoms with Crippen LogP contribution in [0.3, 0.4) is 0 Å². The summed E-state index contributed by atoms with van der Waals surface area (Å²) in [5, 5.41) is 18.1. The van der Waals surface area contributed by atoms with Gasteiger partial charge in [0, 0.05) is 0 Å². The first-order chi connectivity index (χ1) is 5.86. The minimum absolute atomic E-state index is 0.273. The zero-order chi connectivity index (χ0) is 8.81. The second-order valence-corrected chi connectivity index (χ2v) is 3.64. The molecule has 0 bridgehead atoms. The maximum absolute atomic E-state index is 8.52. The highest BCUT2D eigenvalue weighted by Gasteiger charge is 2.04. The van der Waals surface area contributed by atoms with E-state index < -0.39 is 5.66 Å². The van der Waals surface area contributed by atoms with Gasteiger partial charge in [0.15, 0.2) is 5.66 Å². The van der Waals surface area contributed by atoms with Gasteiger partial charge in [0.25, 0.3) is 0 Å². The molecule has 0 aliphatic carbocycles. The molecule has 1 unspecified atom stereocenters. The first-order valence-corrected chi connectivity index (χ1v) is 4.55. The topological polar surface area (TPSA) is 47.6 Å². The first kappa shape index (κ1) is 8.72. The quantitative estimate of drug-likeness (QED) is 0.636. The lowest BCUT2D eigenvalue weighted by atomic mass is 10.4. The van der Waals surface area contributed by atoms with E-state index in [9.17, 15) is 0 Å². The van der Waals surface area contributed by atoms with Crippen LogP contribution in [-0.2, 0) is 0 Å². The van der Waals surface area contributed by atoms with Gasteiger partial charge in [0.05, 0.1) is 12.1 Å². The number of nitrogens with zero attached hydrogens (tertiary/aromatic N) is 2.